The number of rotatable bonds is 8. The first kappa shape index (κ1) is 22.0. The van der Waals surface area contributed by atoms with Crippen molar-refractivity contribution in [3.63, 3.8) is 0 Å². The largest absolute Gasteiger partial charge is 0.490 e. The number of hydrogen-bond acceptors (Lipinski definition) is 5. The monoisotopic (exact) mass is 458 g/mol. The Hall–Kier alpha value is -3.31. The van der Waals surface area contributed by atoms with E-state index in [2.05, 4.69) is 21.2 Å². The summed E-state index contributed by atoms with van der Waals surface area (Å²) in [5, 5.41) is 21.0. The molecule has 150 valence electrons. The van der Waals surface area contributed by atoms with Crippen molar-refractivity contribution in [3.05, 3.63) is 57.6 Å². The molecule has 0 radical (unpaired) electrons. The molecular formula is C21H19BrN2O5. The number of carboxylic acids is 1. The van der Waals surface area contributed by atoms with Crippen molar-refractivity contribution in [2.75, 3.05) is 18.5 Å². The van der Waals surface area contributed by atoms with Crippen LogP contribution in [0.2, 0.25) is 0 Å². The molecule has 7 nitrogen and oxygen atoms in total. The summed E-state index contributed by atoms with van der Waals surface area (Å²) >= 11 is 3.42. The minimum absolute atomic E-state index is 0.0297. The number of aromatic carboxylic acids is 1. The molecule has 0 unspecified atom stereocenters. The summed E-state index contributed by atoms with van der Waals surface area (Å²) in [4.78, 5) is 23.5. The van der Waals surface area contributed by atoms with E-state index in [0.717, 1.165) is 0 Å². The zero-order valence-electron chi connectivity index (χ0n) is 15.9. The van der Waals surface area contributed by atoms with Crippen LogP contribution in [0.25, 0.3) is 6.08 Å². The van der Waals surface area contributed by atoms with Crippen molar-refractivity contribution in [2.24, 2.45) is 0 Å². The van der Waals surface area contributed by atoms with Gasteiger partial charge in [0.05, 0.1) is 23.2 Å². The fourth-order valence-electron chi connectivity index (χ4n) is 2.46. The van der Waals surface area contributed by atoms with Crippen LogP contribution < -0.4 is 14.8 Å². The number of nitriles is 1. The van der Waals surface area contributed by atoms with E-state index in [0.29, 0.717) is 34.7 Å². The van der Waals surface area contributed by atoms with E-state index in [-0.39, 0.29) is 16.8 Å². The van der Waals surface area contributed by atoms with Gasteiger partial charge < -0.3 is 19.9 Å². The van der Waals surface area contributed by atoms with Gasteiger partial charge >= 0.3 is 5.97 Å². The van der Waals surface area contributed by atoms with Gasteiger partial charge in [-0.15, -0.1) is 0 Å². The maximum atomic E-state index is 12.5. The van der Waals surface area contributed by atoms with Crippen molar-refractivity contribution >= 4 is 39.6 Å². The second kappa shape index (κ2) is 10.3. The van der Waals surface area contributed by atoms with Gasteiger partial charge in [-0.3, -0.25) is 4.79 Å². The van der Waals surface area contributed by atoms with Crippen molar-refractivity contribution in [1.29, 1.82) is 5.26 Å². The summed E-state index contributed by atoms with van der Waals surface area (Å²) in [5.41, 5.74) is 0.722. The number of amides is 1. The van der Waals surface area contributed by atoms with Crippen molar-refractivity contribution < 1.29 is 24.2 Å². The second-order valence-corrected chi connectivity index (χ2v) is 6.56. The molecule has 0 bridgehead atoms. The molecule has 0 fully saturated rings. The first-order valence-electron chi connectivity index (χ1n) is 8.75. The normalized spacial score (nSPS) is 10.8. The molecule has 0 heterocycles. The third-order valence-corrected chi connectivity index (χ3v) is 4.25. The first-order chi connectivity index (χ1) is 13.9. The zero-order chi connectivity index (χ0) is 21.4. The summed E-state index contributed by atoms with van der Waals surface area (Å²) in [6.07, 6.45) is 1.42. The first-order valence-corrected chi connectivity index (χ1v) is 9.54. The van der Waals surface area contributed by atoms with Crippen LogP contribution in [0.4, 0.5) is 5.69 Å². The van der Waals surface area contributed by atoms with Gasteiger partial charge in [0.2, 0.25) is 0 Å². The zero-order valence-corrected chi connectivity index (χ0v) is 17.4. The fraction of sp³-hybridized carbons (Fsp3) is 0.190. The smallest absolute Gasteiger partial charge is 0.335 e. The molecule has 0 saturated carbocycles. The van der Waals surface area contributed by atoms with Gasteiger partial charge in [-0.05, 0) is 71.7 Å². The number of hydrogen-bond donors (Lipinski definition) is 2. The molecule has 0 aromatic heterocycles. The van der Waals surface area contributed by atoms with Gasteiger partial charge in [0.15, 0.2) is 11.5 Å². The number of anilines is 1. The number of halogens is 1. The highest BCUT2D eigenvalue weighted by Gasteiger charge is 2.14. The van der Waals surface area contributed by atoms with E-state index in [1.165, 1.54) is 24.3 Å². The van der Waals surface area contributed by atoms with E-state index >= 15 is 0 Å². The predicted molar refractivity (Wildman–Crippen MR) is 112 cm³/mol. The van der Waals surface area contributed by atoms with Crippen molar-refractivity contribution in [3.8, 4) is 17.6 Å². The van der Waals surface area contributed by atoms with Gasteiger partial charge in [-0.25, -0.2) is 4.79 Å². The highest BCUT2D eigenvalue weighted by Crippen LogP contribution is 2.37. The quantitative estimate of drug-likeness (QED) is 0.445. The summed E-state index contributed by atoms with van der Waals surface area (Å²) < 4.78 is 11.8. The van der Waals surface area contributed by atoms with Crippen LogP contribution in [0.15, 0.2) is 46.4 Å². The number of nitrogens with zero attached hydrogens (tertiary/aromatic N) is 1. The predicted octanol–water partition coefficient (Wildman–Crippen LogP) is 4.49. The van der Waals surface area contributed by atoms with Gasteiger partial charge in [-0.1, -0.05) is 6.07 Å². The molecule has 0 aliphatic heterocycles. The minimum Gasteiger partial charge on any atom is -0.490 e. The van der Waals surface area contributed by atoms with E-state index in [1.807, 2.05) is 19.9 Å². The summed E-state index contributed by atoms with van der Waals surface area (Å²) in [6.45, 7) is 4.57. The topological polar surface area (TPSA) is 109 Å². The Balaban J connectivity index is 2.33. The van der Waals surface area contributed by atoms with Crippen molar-refractivity contribution in [1.82, 2.24) is 0 Å². The van der Waals surface area contributed by atoms with Gasteiger partial charge in [0, 0.05) is 5.69 Å². The lowest BCUT2D eigenvalue weighted by molar-refractivity contribution is -0.112. The third kappa shape index (κ3) is 5.83. The fourth-order valence-corrected chi connectivity index (χ4v) is 3.04. The number of benzene rings is 2. The van der Waals surface area contributed by atoms with Crippen LogP contribution in [-0.2, 0) is 4.79 Å². The Morgan fingerprint density at radius 2 is 1.93 bits per heavy atom. The van der Waals surface area contributed by atoms with Gasteiger partial charge in [0.25, 0.3) is 5.91 Å². The highest BCUT2D eigenvalue weighted by molar-refractivity contribution is 9.10. The Morgan fingerprint density at radius 3 is 2.55 bits per heavy atom. The van der Waals surface area contributed by atoms with E-state index in [1.54, 1.807) is 18.2 Å². The summed E-state index contributed by atoms with van der Waals surface area (Å²) in [5.74, 6) is -0.736. The van der Waals surface area contributed by atoms with Crippen molar-refractivity contribution in [2.45, 2.75) is 13.8 Å². The molecule has 0 atom stereocenters. The SMILES string of the molecule is CCOc1cc(/C=C(/C#N)C(=O)Nc2cccc(C(=O)O)c2)cc(Br)c1OCC. The van der Waals surface area contributed by atoms with Crippen LogP contribution in [0.1, 0.15) is 29.8 Å². The third-order valence-electron chi connectivity index (χ3n) is 3.66. The maximum Gasteiger partial charge on any atom is 0.335 e. The number of ether oxygens (including phenoxy) is 2. The average Bonchev–Trinajstić information content (AvgIpc) is 2.69. The standard InChI is InChI=1S/C21H19BrN2O5/c1-3-28-18-10-13(9-17(22)19(18)29-4-2)8-15(12-23)20(25)24-16-7-5-6-14(11-16)21(26)27/h5-11H,3-4H2,1-2H3,(H,24,25)(H,26,27)/b15-8-. The maximum absolute atomic E-state index is 12.5. The number of carbonyl (C=O) groups excluding carboxylic acids is 1. The highest BCUT2D eigenvalue weighted by atomic mass is 79.9. The number of carbonyl (C=O) groups is 2. The van der Waals surface area contributed by atoms with E-state index < -0.39 is 11.9 Å². The van der Waals surface area contributed by atoms with Gasteiger partial charge in [0.1, 0.15) is 11.6 Å². The van der Waals surface area contributed by atoms with E-state index in [9.17, 15) is 14.9 Å². The van der Waals surface area contributed by atoms with E-state index in [4.69, 9.17) is 14.6 Å². The van der Waals surface area contributed by atoms with Gasteiger partial charge in [-0.2, -0.15) is 5.26 Å². The van der Waals surface area contributed by atoms with Crippen LogP contribution in [-0.4, -0.2) is 30.2 Å². The Labute approximate surface area is 176 Å². The lowest BCUT2D eigenvalue weighted by Crippen LogP contribution is -2.14. The van der Waals surface area contributed by atoms with Crippen LogP contribution >= 0.6 is 15.9 Å². The van der Waals surface area contributed by atoms with Crippen LogP contribution in [0, 0.1) is 11.3 Å². The molecule has 1 amide bonds. The van der Waals surface area contributed by atoms with Crippen LogP contribution in [0.5, 0.6) is 11.5 Å². The molecule has 2 N–H and O–H groups in total. The Kier molecular flexibility index (Phi) is 7.80. The lowest BCUT2D eigenvalue weighted by atomic mass is 10.1. The van der Waals surface area contributed by atoms with Crippen LogP contribution in [0.3, 0.4) is 0 Å². The number of nitrogens with one attached hydrogen (secondary N) is 1. The lowest BCUT2D eigenvalue weighted by Gasteiger charge is -2.13. The molecule has 2 aromatic carbocycles. The molecule has 0 spiro atoms. The molecule has 0 aliphatic carbocycles. The molecule has 2 aromatic rings. The minimum atomic E-state index is -1.11. The second-order valence-electron chi connectivity index (χ2n) is 5.71. The average molecular weight is 459 g/mol. The summed E-state index contributed by atoms with van der Waals surface area (Å²) in [7, 11) is 0. The molecular weight excluding hydrogens is 440 g/mol. The Bertz CT molecular complexity index is 995. The number of carboxylic acid groups (broad SMARTS) is 1. The molecule has 0 aliphatic rings. The Morgan fingerprint density at radius 1 is 1.21 bits per heavy atom. The molecule has 0 saturated heterocycles. The molecule has 2 rings (SSSR count). The molecule has 29 heavy (non-hydrogen) atoms. The summed E-state index contributed by atoms with van der Waals surface area (Å²) in [6, 6.07) is 11.0. The molecule has 8 heteroatoms.